The number of rotatable bonds is 3. The van der Waals surface area contributed by atoms with E-state index in [4.69, 9.17) is 0 Å². The highest BCUT2D eigenvalue weighted by Crippen LogP contribution is 2.17. The molecule has 1 heterocycles. The van der Waals surface area contributed by atoms with Crippen molar-refractivity contribution < 1.29 is 0 Å². The topological polar surface area (TPSA) is 40.7 Å². The lowest BCUT2D eigenvalue weighted by Crippen LogP contribution is -2.01. The highest BCUT2D eigenvalue weighted by molar-refractivity contribution is 5.52. The number of nitrogens with zero attached hydrogens (tertiary/aromatic N) is 1. The summed E-state index contributed by atoms with van der Waals surface area (Å²) in [4.78, 5) is 0. The average molecular weight is 215 g/mol. The van der Waals surface area contributed by atoms with Crippen LogP contribution in [0, 0.1) is 20.8 Å². The molecular formula is C13H17N3. The van der Waals surface area contributed by atoms with E-state index in [9.17, 15) is 0 Å². The predicted octanol–water partition coefficient (Wildman–Crippen LogP) is 2.95. The molecule has 84 valence electrons. The first-order chi connectivity index (χ1) is 7.66. The third kappa shape index (κ3) is 2.24. The number of nitrogens with one attached hydrogen (secondary N) is 2. The van der Waals surface area contributed by atoms with Crippen molar-refractivity contribution in [3.63, 3.8) is 0 Å². The molecule has 1 aromatic heterocycles. The molecular weight excluding hydrogens is 198 g/mol. The van der Waals surface area contributed by atoms with Crippen molar-refractivity contribution in [2.45, 2.75) is 27.3 Å². The number of aromatic amines is 1. The second-order valence-electron chi connectivity index (χ2n) is 4.19. The molecule has 0 aliphatic carbocycles. The van der Waals surface area contributed by atoms with E-state index < -0.39 is 0 Å². The molecule has 0 fully saturated rings. The third-order valence-electron chi connectivity index (χ3n) is 2.79. The van der Waals surface area contributed by atoms with Crippen LogP contribution >= 0.6 is 0 Å². The van der Waals surface area contributed by atoms with E-state index in [1.807, 2.05) is 13.1 Å². The van der Waals surface area contributed by atoms with Crippen molar-refractivity contribution in [2.75, 3.05) is 5.32 Å². The van der Waals surface area contributed by atoms with Gasteiger partial charge in [-0.3, -0.25) is 5.10 Å². The number of anilines is 1. The maximum absolute atomic E-state index is 4.01. The van der Waals surface area contributed by atoms with E-state index in [0.717, 1.165) is 12.2 Å². The smallest absolute Gasteiger partial charge is 0.0539 e. The van der Waals surface area contributed by atoms with Crippen LogP contribution in [0.2, 0.25) is 0 Å². The van der Waals surface area contributed by atoms with Crippen LogP contribution in [0.5, 0.6) is 0 Å². The number of aryl methyl sites for hydroxylation is 3. The standard InChI is InChI=1S/C13H17N3/c1-9-4-5-13(10(2)6-9)14-7-12-8-15-16-11(12)3/h4-6,8,14H,7H2,1-3H3,(H,15,16). The molecule has 0 radical (unpaired) electrons. The molecule has 3 heteroatoms. The molecule has 16 heavy (non-hydrogen) atoms. The maximum Gasteiger partial charge on any atom is 0.0539 e. The minimum absolute atomic E-state index is 0.812. The molecule has 2 rings (SSSR count). The number of hydrogen-bond acceptors (Lipinski definition) is 2. The quantitative estimate of drug-likeness (QED) is 0.826. The van der Waals surface area contributed by atoms with Crippen molar-refractivity contribution in [2.24, 2.45) is 0 Å². The fourth-order valence-corrected chi connectivity index (χ4v) is 1.76. The Bertz CT molecular complexity index is 486. The molecule has 0 amide bonds. The number of benzene rings is 1. The van der Waals surface area contributed by atoms with Crippen LogP contribution in [0.1, 0.15) is 22.4 Å². The maximum atomic E-state index is 4.01. The van der Waals surface area contributed by atoms with Crippen molar-refractivity contribution in [1.29, 1.82) is 0 Å². The van der Waals surface area contributed by atoms with Gasteiger partial charge in [-0.15, -0.1) is 0 Å². The summed E-state index contributed by atoms with van der Waals surface area (Å²) in [5, 5.41) is 10.4. The summed E-state index contributed by atoms with van der Waals surface area (Å²) in [7, 11) is 0. The molecule has 0 saturated carbocycles. The van der Waals surface area contributed by atoms with Gasteiger partial charge >= 0.3 is 0 Å². The minimum atomic E-state index is 0.812. The molecule has 0 unspecified atom stereocenters. The monoisotopic (exact) mass is 215 g/mol. The van der Waals surface area contributed by atoms with E-state index in [1.165, 1.54) is 22.4 Å². The fraction of sp³-hybridized carbons (Fsp3) is 0.308. The Hall–Kier alpha value is -1.77. The Labute approximate surface area is 95.9 Å². The summed E-state index contributed by atoms with van der Waals surface area (Å²) >= 11 is 0. The molecule has 0 atom stereocenters. The molecule has 0 bridgehead atoms. The van der Waals surface area contributed by atoms with Gasteiger partial charge in [0.25, 0.3) is 0 Å². The van der Waals surface area contributed by atoms with Gasteiger partial charge in [0.15, 0.2) is 0 Å². The van der Waals surface area contributed by atoms with Crippen molar-refractivity contribution in [1.82, 2.24) is 10.2 Å². The predicted molar refractivity (Wildman–Crippen MR) is 66.6 cm³/mol. The summed E-state index contributed by atoms with van der Waals surface area (Å²) in [5.74, 6) is 0. The van der Waals surface area contributed by atoms with Gasteiger partial charge in [0.1, 0.15) is 0 Å². The summed E-state index contributed by atoms with van der Waals surface area (Å²) in [6.45, 7) is 7.08. The highest BCUT2D eigenvalue weighted by Gasteiger charge is 2.01. The van der Waals surface area contributed by atoms with E-state index in [1.54, 1.807) is 0 Å². The summed E-state index contributed by atoms with van der Waals surface area (Å²) in [5.41, 5.74) is 6.09. The van der Waals surface area contributed by atoms with Gasteiger partial charge in [-0.1, -0.05) is 17.7 Å². The summed E-state index contributed by atoms with van der Waals surface area (Å²) in [6.07, 6.45) is 1.87. The van der Waals surface area contributed by atoms with Crippen LogP contribution in [-0.2, 0) is 6.54 Å². The zero-order valence-corrected chi connectivity index (χ0v) is 9.96. The first-order valence-corrected chi connectivity index (χ1v) is 5.47. The van der Waals surface area contributed by atoms with Gasteiger partial charge in [-0.25, -0.2) is 0 Å². The van der Waals surface area contributed by atoms with Gasteiger partial charge in [-0.05, 0) is 32.4 Å². The van der Waals surface area contributed by atoms with Gasteiger partial charge < -0.3 is 5.32 Å². The van der Waals surface area contributed by atoms with E-state index in [2.05, 4.69) is 47.6 Å². The van der Waals surface area contributed by atoms with E-state index in [0.29, 0.717) is 0 Å². The number of hydrogen-bond donors (Lipinski definition) is 2. The summed E-state index contributed by atoms with van der Waals surface area (Å²) < 4.78 is 0. The van der Waals surface area contributed by atoms with Crippen LogP contribution in [0.4, 0.5) is 5.69 Å². The minimum Gasteiger partial charge on any atom is -0.381 e. The molecule has 1 aromatic carbocycles. The SMILES string of the molecule is Cc1ccc(NCc2cn[nH]c2C)c(C)c1. The average Bonchev–Trinajstić information content (AvgIpc) is 2.63. The van der Waals surface area contributed by atoms with Crippen molar-refractivity contribution in [3.8, 4) is 0 Å². The zero-order valence-electron chi connectivity index (χ0n) is 9.96. The number of H-pyrrole nitrogens is 1. The Kier molecular flexibility index (Phi) is 2.95. The lowest BCUT2D eigenvalue weighted by Gasteiger charge is -2.09. The van der Waals surface area contributed by atoms with E-state index >= 15 is 0 Å². The molecule has 0 spiro atoms. The first kappa shape index (κ1) is 10.7. The van der Waals surface area contributed by atoms with Gasteiger partial charge in [0.2, 0.25) is 0 Å². The normalized spacial score (nSPS) is 10.4. The van der Waals surface area contributed by atoms with Gasteiger partial charge in [0.05, 0.1) is 6.20 Å². The molecule has 0 saturated heterocycles. The second kappa shape index (κ2) is 4.39. The summed E-state index contributed by atoms with van der Waals surface area (Å²) in [6, 6.07) is 6.43. The van der Waals surface area contributed by atoms with Crippen LogP contribution in [0.25, 0.3) is 0 Å². The largest absolute Gasteiger partial charge is 0.381 e. The highest BCUT2D eigenvalue weighted by atomic mass is 15.1. The Morgan fingerprint density at radius 2 is 2.06 bits per heavy atom. The Balaban J connectivity index is 2.08. The Morgan fingerprint density at radius 1 is 1.25 bits per heavy atom. The fourth-order valence-electron chi connectivity index (χ4n) is 1.76. The molecule has 0 aliphatic rings. The van der Waals surface area contributed by atoms with Gasteiger partial charge in [0, 0.05) is 23.5 Å². The van der Waals surface area contributed by atoms with Crippen molar-refractivity contribution >= 4 is 5.69 Å². The van der Waals surface area contributed by atoms with Crippen molar-refractivity contribution in [3.05, 3.63) is 46.8 Å². The molecule has 2 aromatic rings. The molecule has 3 nitrogen and oxygen atoms in total. The van der Waals surface area contributed by atoms with Gasteiger partial charge in [-0.2, -0.15) is 5.10 Å². The number of aromatic nitrogens is 2. The third-order valence-corrected chi connectivity index (χ3v) is 2.79. The lowest BCUT2D eigenvalue weighted by atomic mass is 10.1. The van der Waals surface area contributed by atoms with Crippen LogP contribution in [-0.4, -0.2) is 10.2 Å². The van der Waals surface area contributed by atoms with Crippen LogP contribution in [0.15, 0.2) is 24.4 Å². The van der Waals surface area contributed by atoms with Crippen LogP contribution < -0.4 is 5.32 Å². The van der Waals surface area contributed by atoms with E-state index in [-0.39, 0.29) is 0 Å². The zero-order chi connectivity index (χ0) is 11.5. The molecule has 0 aliphatic heterocycles. The Morgan fingerprint density at radius 3 is 2.69 bits per heavy atom. The molecule has 2 N–H and O–H groups in total. The van der Waals surface area contributed by atoms with Crippen LogP contribution in [0.3, 0.4) is 0 Å². The second-order valence-corrected chi connectivity index (χ2v) is 4.19. The first-order valence-electron chi connectivity index (χ1n) is 5.47. The lowest BCUT2D eigenvalue weighted by molar-refractivity contribution is 1.04.